The summed E-state index contributed by atoms with van der Waals surface area (Å²) in [6.07, 6.45) is 2.80. The molecule has 0 aromatic heterocycles. The van der Waals surface area contributed by atoms with Crippen molar-refractivity contribution in [2.75, 3.05) is 0 Å². The summed E-state index contributed by atoms with van der Waals surface area (Å²) in [7, 11) is 0. The number of rotatable bonds is 7. The van der Waals surface area contributed by atoms with E-state index in [9.17, 15) is 9.59 Å². The third-order valence-electron chi connectivity index (χ3n) is 3.31. The maximum Gasteiger partial charge on any atom is 0.288 e. The Hall–Kier alpha value is -1.64. The molecule has 0 radical (unpaired) electrons. The van der Waals surface area contributed by atoms with Crippen LogP contribution in [0, 0.1) is 5.92 Å². The highest BCUT2D eigenvalue weighted by molar-refractivity contribution is 6.36. The molecule has 0 bridgehead atoms. The number of amides is 1. The molecule has 0 saturated heterocycles. The lowest BCUT2D eigenvalue weighted by Crippen LogP contribution is -2.36. The molecule has 0 saturated carbocycles. The standard InChI is InChI=1S/C16H23NO2/c1-4-5-9-12(2)15(18)16(19)17-13(3)14-10-7-6-8-11-14/h6-8,10-13H,4-5,9H2,1-3H3,(H,17,19)/t12?,13-/m1/s1. The summed E-state index contributed by atoms with van der Waals surface area (Å²) in [4.78, 5) is 23.8. The van der Waals surface area contributed by atoms with Crippen LogP contribution in [0.3, 0.4) is 0 Å². The van der Waals surface area contributed by atoms with E-state index in [1.165, 1.54) is 0 Å². The first kappa shape index (κ1) is 15.4. The smallest absolute Gasteiger partial charge is 0.288 e. The Bertz CT molecular complexity index is 414. The molecule has 1 amide bonds. The first-order valence-electron chi connectivity index (χ1n) is 6.96. The number of carbonyl (C=O) groups excluding carboxylic acids is 2. The summed E-state index contributed by atoms with van der Waals surface area (Å²) in [5, 5.41) is 2.76. The van der Waals surface area contributed by atoms with Crippen LogP contribution >= 0.6 is 0 Å². The maximum absolute atomic E-state index is 11.9. The van der Waals surface area contributed by atoms with Crippen molar-refractivity contribution in [3.8, 4) is 0 Å². The molecule has 2 atom stereocenters. The van der Waals surface area contributed by atoms with E-state index in [0.29, 0.717) is 0 Å². The predicted molar refractivity (Wildman–Crippen MR) is 76.7 cm³/mol. The van der Waals surface area contributed by atoms with Gasteiger partial charge < -0.3 is 5.32 Å². The van der Waals surface area contributed by atoms with Crippen LogP contribution in [-0.4, -0.2) is 11.7 Å². The fraction of sp³-hybridized carbons (Fsp3) is 0.500. The van der Waals surface area contributed by atoms with Gasteiger partial charge in [0.2, 0.25) is 5.78 Å². The Balaban J connectivity index is 2.52. The third kappa shape index (κ3) is 4.86. The maximum atomic E-state index is 11.9. The lowest BCUT2D eigenvalue weighted by molar-refractivity contribution is -0.140. The molecule has 3 heteroatoms. The number of carbonyl (C=O) groups is 2. The van der Waals surface area contributed by atoms with Crippen molar-refractivity contribution < 1.29 is 9.59 Å². The van der Waals surface area contributed by atoms with Gasteiger partial charge in [-0.1, -0.05) is 57.0 Å². The van der Waals surface area contributed by atoms with Crippen molar-refractivity contribution in [3.05, 3.63) is 35.9 Å². The van der Waals surface area contributed by atoms with Crippen molar-refractivity contribution in [3.63, 3.8) is 0 Å². The van der Waals surface area contributed by atoms with Crippen LogP contribution in [0.1, 0.15) is 51.6 Å². The van der Waals surface area contributed by atoms with Gasteiger partial charge in [-0.3, -0.25) is 9.59 Å². The highest BCUT2D eigenvalue weighted by Gasteiger charge is 2.22. The zero-order valence-electron chi connectivity index (χ0n) is 12.0. The largest absolute Gasteiger partial charge is 0.343 e. The fourth-order valence-corrected chi connectivity index (χ4v) is 1.96. The van der Waals surface area contributed by atoms with Gasteiger partial charge in [-0.05, 0) is 18.9 Å². The summed E-state index contributed by atoms with van der Waals surface area (Å²) in [5.41, 5.74) is 1.00. The van der Waals surface area contributed by atoms with E-state index in [4.69, 9.17) is 0 Å². The van der Waals surface area contributed by atoms with E-state index >= 15 is 0 Å². The zero-order valence-corrected chi connectivity index (χ0v) is 12.0. The SMILES string of the molecule is CCCCC(C)C(=O)C(=O)N[C@H](C)c1ccccc1. The molecule has 0 heterocycles. The molecule has 0 aliphatic rings. The molecule has 1 aromatic rings. The molecule has 1 rings (SSSR count). The molecule has 104 valence electrons. The van der Waals surface area contributed by atoms with E-state index in [-0.39, 0.29) is 17.7 Å². The van der Waals surface area contributed by atoms with E-state index in [2.05, 4.69) is 12.2 Å². The van der Waals surface area contributed by atoms with Crippen molar-refractivity contribution in [1.82, 2.24) is 5.32 Å². The molecule has 0 aliphatic heterocycles. The number of Topliss-reactive ketones (excluding diaryl/α,β-unsaturated/α-hetero) is 1. The van der Waals surface area contributed by atoms with Crippen molar-refractivity contribution in [2.45, 2.75) is 46.1 Å². The van der Waals surface area contributed by atoms with Gasteiger partial charge in [0, 0.05) is 5.92 Å². The van der Waals surface area contributed by atoms with Crippen molar-refractivity contribution in [1.29, 1.82) is 0 Å². The van der Waals surface area contributed by atoms with Crippen LogP contribution in [-0.2, 0) is 9.59 Å². The van der Waals surface area contributed by atoms with Gasteiger partial charge in [0.15, 0.2) is 0 Å². The van der Waals surface area contributed by atoms with Crippen LogP contribution in [0.4, 0.5) is 0 Å². The van der Waals surface area contributed by atoms with Gasteiger partial charge in [0.05, 0.1) is 6.04 Å². The van der Waals surface area contributed by atoms with Crippen LogP contribution < -0.4 is 5.32 Å². The van der Waals surface area contributed by atoms with Gasteiger partial charge in [-0.2, -0.15) is 0 Å². The van der Waals surface area contributed by atoms with E-state index in [0.717, 1.165) is 24.8 Å². The Labute approximate surface area is 115 Å². The number of hydrogen-bond donors (Lipinski definition) is 1. The normalized spacial score (nSPS) is 13.6. The van der Waals surface area contributed by atoms with Gasteiger partial charge in [0.25, 0.3) is 5.91 Å². The van der Waals surface area contributed by atoms with E-state index in [1.54, 1.807) is 0 Å². The van der Waals surface area contributed by atoms with Gasteiger partial charge in [-0.15, -0.1) is 0 Å². The fourth-order valence-electron chi connectivity index (χ4n) is 1.96. The van der Waals surface area contributed by atoms with Crippen LogP contribution in [0.15, 0.2) is 30.3 Å². The lowest BCUT2D eigenvalue weighted by atomic mass is 9.98. The number of hydrogen-bond acceptors (Lipinski definition) is 2. The molecule has 1 aromatic carbocycles. The minimum atomic E-state index is -0.472. The van der Waals surface area contributed by atoms with E-state index < -0.39 is 5.91 Å². The van der Waals surface area contributed by atoms with Crippen molar-refractivity contribution >= 4 is 11.7 Å². The van der Waals surface area contributed by atoms with Crippen LogP contribution in [0.25, 0.3) is 0 Å². The topological polar surface area (TPSA) is 46.2 Å². The average molecular weight is 261 g/mol. The highest BCUT2D eigenvalue weighted by Crippen LogP contribution is 2.13. The van der Waals surface area contributed by atoms with Crippen molar-refractivity contribution in [2.24, 2.45) is 5.92 Å². The van der Waals surface area contributed by atoms with Gasteiger partial charge in [-0.25, -0.2) is 0 Å². The quantitative estimate of drug-likeness (QED) is 0.766. The molecule has 0 spiro atoms. The Kier molecular flexibility index (Phi) is 6.26. The number of benzene rings is 1. The zero-order chi connectivity index (χ0) is 14.3. The second-order valence-electron chi connectivity index (χ2n) is 5.01. The molecule has 19 heavy (non-hydrogen) atoms. The molecular formula is C16H23NO2. The number of ketones is 1. The summed E-state index contributed by atoms with van der Waals surface area (Å²) in [5.74, 6) is -0.973. The van der Waals surface area contributed by atoms with Gasteiger partial charge >= 0.3 is 0 Å². The molecular weight excluding hydrogens is 238 g/mol. The lowest BCUT2D eigenvalue weighted by Gasteiger charge is -2.15. The minimum Gasteiger partial charge on any atom is -0.343 e. The summed E-state index contributed by atoms with van der Waals surface area (Å²) in [6, 6.07) is 9.51. The summed E-state index contributed by atoms with van der Waals surface area (Å²) >= 11 is 0. The molecule has 1 unspecified atom stereocenters. The Morgan fingerprint density at radius 1 is 1.16 bits per heavy atom. The third-order valence-corrected chi connectivity index (χ3v) is 3.31. The van der Waals surface area contributed by atoms with Crippen LogP contribution in [0.5, 0.6) is 0 Å². The first-order valence-corrected chi connectivity index (χ1v) is 6.96. The average Bonchev–Trinajstić information content (AvgIpc) is 2.44. The number of nitrogens with one attached hydrogen (secondary N) is 1. The second kappa shape index (κ2) is 7.72. The minimum absolute atomic E-state index is 0.143. The van der Waals surface area contributed by atoms with E-state index in [1.807, 2.05) is 44.2 Å². The first-order chi connectivity index (χ1) is 9.06. The van der Waals surface area contributed by atoms with Crippen LogP contribution in [0.2, 0.25) is 0 Å². The van der Waals surface area contributed by atoms with Gasteiger partial charge in [0.1, 0.15) is 0 Å². The summed E-state index contributed by atoms with van der Waals surface area (Å²) in [6.45, 7) is 5.79. The summed E-state index contributed by atoms with van der Waals surface area (Å²) < 4.78 is 0. The molecule has 0 fully saturated rings. The molecule has 0 aliphatic carbocycles. The molecule has 3 nitrogen and oxygen atoms in total. The Morgan fingerprint density at radius 2 is 1.79 bits per heavy atom. The highest BCUT2D eigenvalue weighted by atomic mass is 16.2. The molecule has 1 N–H and O–H groups in total. The number of unbranched alkanes of at least 4 members (excludes halogenated alkanes) is 1. The predicted octanol–water partition coefficient (Wildman–Crippen LogP) is 3.26. The monoisotopic (exact) mass is 261 g/mol. The second-order valence-corrected chi connectivity index (χ2v) is 5.01. The Morgan fingerprint density at radius 3 is 2.37 bits per heavy atom.